The molecule has 6 nitrogen and oxygen atoms in total. The van der Waals surface area contributed by atoms with E-state index in [1.165, 1.54) is 0 Å². The third kappa shape index (κ3) is 6.53. The topological polar surface area (TPSA) is 84.5 Å². The molecular formula is C7H15ClN2O4S. The number of nitrogens with one attached hydrogen (secondary N) is 2. The van der Waals surface area contributed by atoms with Crippen molar-refractivity contribution in [3.63, 3.8) is 0 Å². The van der Waals surface area contributed by atoms with Crippen LogP contribution in [0.1, 0.15) is 13.8 Å². The van der Waals surface area contributed by atoms with Crippen LogP contribution in [0, 0.1) is 5.41 Å². The van der Waals surface area contributed by atoms with Crippen LogP contribution in [0.5, 0.6) is 0 Å². The van der Waals surface area contributed by atoms with Gasteiger partial charge in [-0.3, -0.25) is 0 Å². The Kier molecular flexibility index (Phi) is 5.33. The van der Waals surface area contributed by atoms with Crippen molar-refractivity contribution in [2.24, 2.45) is 5.41 Å². The predicted octanol–water partition coefficient (Wildman–Crippen LogP) is 0.442. The zero-order valence-corrected chi connectivity index (χ0v) is 10.4. The van der Waals surface area contributed by atoms with Crippen molar-refractivity contribution in [2.45, 2.75) is 13.8 Å². The van der Waals surface area contributed by atoms with Crippen LogP contribution < -0.4 is 9.44 Å². The Morgan fingerprint density at radius 1 is 1.47 bits per heavy atom. The predicted molar refractivity (Wildman–Crippen MR) is 57.0 cm³/mol. The van der Waals surface area contributed by atoms with E-state index in [-0.39, 0.29) is 12.0 Å². The zero-order valence-electron chi connectivity index (χ0n) is 8.83. The second-order valence-electron chi connectivity index (χ2n) is 3.72. The van der Waals surface area contributed by atoms with Crippen molar-refractivity contribution in [2.75, 3.05) is 19.5 Å². The number of methoxy groups -OCH3 is 1. The zero-order chi connectivity index (χ0) is 12.1. The molecule has 0 unspecified atom stereocenters. The fourth-order valence-corrected chi connectivity index (χ4v) is 1.58. The third-order valence-corrected chi connectivity index (χ3v) is 3.19. The smallest absolute Gasteiger partial charge is 0.421 e. The van der Waals surface area contributed by atoms with Crippen LogP contribution in [0.4, 0.5) is 4.79 Å². The summed E-state index contributed by atoms with van der Waals surface area (Å²) in [6.45, 7) is 3.71. The highest BCUT2D eigenvalue weighted by Gasteiger charge is 2.21. The monoisotopic (exact) mass is 258 g/mol. The molecule has 8 heteroatoms. The summed E-state index contributed by atoms with van der Waals surface area (Å²) in [5.41, 5.74) is -0.383. The molecule has 0 aromatic rings. The second-order valence-corrected chi connectivity index (χ2v) is 5.48. The van der Waals surface area contributed by atoms with E-state index in [0.29, 0.717) is 5.88 Å². The summed E-state index contributed by atoms with van der Waals surface area (Å²) in [6, 6.07) is 0. The molecule has 0 aromatic heterocycles. The van der Waals surface area contributed by atoms with Crippen LogP contribution >= 0.6 is 11.6 Å². The highest BCUT2D eigenvalue weighted by atomic mass is 35.5. The molecule has 0 aliphatic rings. The van der Waals surface area contributed by atoms with E-state index in [0.717, 1.165) is 7.11 Å². The van der Waals surface area contributed by atoms with Gasteiger partial charge < -0.3 is 4.74 Å². The largest absolute Gasteiger partial charge is 0.452 e. The first kappa shape index (κ1) is 14.5. The molecule has 1 amide bonds. The number of amides is 1. The van der Waals surface area contributed by atoms with Crippen molar-refractivity contribution >= 4 is 27.9 Å². The standard InChI is InChI=1S/C7H15ClN2O4S/c1-7(2,4-8)5-9-15(12,13)10-6(11)14-3/h9H,4-5H2,1-3H3,(H,10,11). The second kappa shape index (κ2) is 5.53. The van der Waals surface area contributed by atoms with E-state index >= 15 is 0 Å². The lowest BCUT2D eigenvalue weighted by Crippen LogP contribution is -2.44. The Morgan fingerprint density at radius 3 is 2.40 bits per heavy atom. The Bertz CT molecular complexity index is 315. The van der Waals surface area contributed by atoms with Gasteiger partial charge in [0, 0.05) is 12.4 Å². The molecule has 0 aliphatic carbocycles. The minimum atomic E-state index is -3.87. The maximum atomic E-state index is 11.2. The minimum absolute atomic E-state index is 0.128. The minimum Gasteiger partial charge on any atom is -0.452 e. The number of rotatable bonds is 5. The van der Waals surface area contributed by atoms with Crippen molar-refractivity contribution in [1.82, 2.24) is 9.44 Å². The quantitative estimate of drug-likeness (QED) is 0.701. The molecule has 0 bridgehead atoms. The number of carbonyl (C=O) groups is 1. The number of halogens is 1. The molecule has 2 N–H and O–H groups in total. The van der Waals surface area contributed by atoms with Gasteiger partial charge in [-0.15, -0.1) is 11.6 Å². The van der Waals surface area contributed by atoms with Gasteiger partial charge in [-0.05, 0) is 5.41 Å². The highest BCUT2D eigenvalue weighted by molar-refractivity contribution is 7.88. The lowest BCUT2D eigenvalue weighted by Gasteiger charge is -2.21. The van der Waals surface area contributed by atoms with Crippen LogP contribution in [0.15, 0.2) is 0 Å². The van der Waals surface area contributed by atoms with Gasteiger partial charge in [0.2, 0.25) is 0 Å². The van der Waals surface area contributed by atoms with Gasteiger partial charge in [-0.1, -0.05) is 13.8 Å². The molecule has 15 heavy (non-hydrogen) atoms. The molecule has 0 aliphatic heterocycles. The molecule has 0 spiro atoms. The van der Waals surface area contributed by atoms with E-state index in [1.54, 1.807) is 18.6 Å². The van der Waals surface area contributed by atoms with Crippen LogP contribution in [-0.2, 0) is 14.9 Å². The number of ether oxygens (including phenoxy) is 1. The van der Waals surface area contributed by atoms with Crippen LogP contribution in [-0.4, -0.2) is 34.0 Å². The van der Waals surface area contributed by atoms with E-state index in [2.05, 4.69) is 9.46 Å². The van der Waals surface area contributed by atoms with Crippen LogP contribution in [0.3, 0.4) is 0 Å². The first-order valence-electron chi connectivity index (χ1n) is 4.14. The van der Waals surface area contributed by atoms with Crippen molar-refractivity contribution < 1.29 is 17.9 Å². The fourth-order valence-electron chi connectivity index (χ4n) is 0.525. The Labute approximate surface area is 94.5 Å². The summed E-state index contributed by atoms with van der Waals surface area (Å²) >= 11 is 5.61. The van der Waals surface area contributed by atoms with Gasteiger partial charge in [0.05, 0.1) is 7.11 Å². The normalized spacial score (nSPS) is 12.3. The van der Waals surface area contributed by atoms with Crippen molar-refractivity contribution in [1.29, 1.82) is 0 Å². The average Bonchev–Trinajstić information content (AvgIpc) is 2.14. The SMILES string of the molecule is COC(=O)NS(=O)(=O)NCC(C)(C)CCl. The van der Waals surface area contributed by atoms with E-state index in [9.17, 15) is 13.2 Å². The fraction of sp³-hybridized carbons (Fsp3) is 0.857. The average molecular weight is 259 g/mol. The van der Waals surface area contributed by atoms with Gasteiger partial charge in [0.25, 0.3) is 0 Å². The van der Waals surface area contributed by atoms with Gasteiger partial charge >= 0.3 is 16.3 Å². The number of hydrogen-bond donors (Lipinski definition) is 2. The van der Waals surface area contributed by atoms with Gasteiger partial charge in [0.1, 0.15) is 0 Å². The molecule has 0 rings (SSSR count). The Morgan fingerprint density at radius 2 is 2.00 bits per heavy atom. The molecule has 0 saturated heterocycles. The first-order valence-corrected chi connectivity index (χ1v) is 6.15. The molecular weight excluding hydrogens is 244 g/mol. The van der Waals surface area contributed by atoms with Gasteiger partial charge in [-0.2, -0.15) is 13.1 Å². The third-order valence-electron chi connectivity index (χ3n) is 1.51. The number of alkyl halides is 1. The molecule has 0 atom stereocenters. The molecule has 0 heterocycles. The lowest BCUT2D eigenvalue weighted by atomic mass is 9.97. The summed E-state index contributed by atoms with van der Waals surface area (Å²) in [4.78, 5) is 10.6. The number of hydrogen-bond acceptors (Lipinski definition) is 4. The molecule has 0 saturated carbocycles. The number of carbonyl (C=O) groups excluding carboxylic acids is 1. The highest BCUT2D eigenvalue weighted by Crippen LogP contribution is 2.15. The molecule has 0 radical (unpaired) electrons. The summed E-state index contributed by atoms with van der Waals surface area (Å²) in [5, 5.41) is 0. The molecule has 0 fully saturated rings. The van der Waals surface area contributed by atoms with Gasteiger partial charge in [-0.25, -0.2) is 9.52 Å². The molecule has 0 aromatic carbocycles. The summed E-state index contributed by atoms with van der Waals surface area (Å²) in [6.07, 6.45) is -1.04. The maximum Gasteiger partial charge on any atom is 0.421 e. The summed E-state index contributed by atoms with van der Waals surface area (Å²) < 4.78 is 30.4. The summed E-state index contributed by atoms with van der Waals surface area (Å²) in [7, 11) is -2.79. The van der Waals surface area contributed by atoms with Gasteiger partial charge in [0.15, 0.2) is 0 Å². The van der Waals surface area contributed by atoms with E-state index < -0.39 is 16.3 Å². The van der Waals surface area contributed by atoms with Crippen LogP contribution in [0.2, 0.25) is 0 Å². The van der Waals surface area contributed by atoms with E-state index in [1.807, 2.05) is 0 Å². The van der Waals surface area contributed by atoms with Crippen molar-refractivity contribution in [3.8, 4) is 0 Å². The first-order chi connectivity index (χ1) is 6.72. The Hall–Kier alpha value is -0.530. The Balaban J connectivity index is 4.23. The van der Waals surface area contributed by atoms with E-state index in [4.69, 9.17) is 11.6 Å². The molecule has 90 valence electrons. The van der Waals surface area contributed by atoms with Crippen molar-refractivity contribution in [3.05, 3.63) is 0 Å². The lowest BCUT2D eigenvalue weighted by molar-refractivity contribution is 0.177. The maximum absolute atomic E-state index is 11.2. The van der Waals surface area contributed by atoms with Crippen LogP contribution in [0.25, 0.3) is 0 Å². The summed E-state index contributed by atoms with van der Waals surface area (Å²) in [5.74, 6) is 0.299.